The third-order valence-corrected chi connectivity index (χ3v) is 9.18. The van der Waals surface area contributed by atoms with Gasteiger partial charge in [0.15, 0.2) is 8.32 Å². The Morgan fingerprint density at radius 3 is 2.53 bits per heavy atom. The van der Waals surface area contributed by atoms with Gasteiger partial charge in [0.25, 0.3) is 0 Å². The van der Waals surface area contributed by atoms with Crippen LogP contribution in [0.5, 0.6) is 0 Å². The van der Waals surface area contributed by atoms with Gasteiger partial charge in [0.2, 0.25) is 0 Å². The zero-order valence-corrected chi connectivity index (χ0v) is 14.5. The third-order valence-electron chi connectivity index (χ3n) is 3.66. The van der Waals surface area contributed by atoms with Crippen LogP contribution in [0.2, 0.25) is 18.1 Å². The molecule has 0 aliphatic carbocycles. The lowest BCUT2D eigenvalue weighted by atomic mass is 10.1. The molecule has 0 N–H and O–H groups in total. The highest BCUT2D eigenvalue weighted by molar-refractivity contribution is 14.1. The van der Waals surface area contributed by atoms with Crippen molar-refractivity contribution in [1.82, 2.24) is 0 Å². The fourth-order valence-corrected chi connectivity index (χ4v) is 3.53. The molecule has 0 saturated carbocycles. The van der Waals surface area contributed by atoms with Gasteiger partial charge in [0, 0.05) is 10.8 Å². The van der Waals surface area contributed by atoms with Gasteiger partial charge < -0.3 is 9.16 Å². The van der Waals surface area contributed by atoms with Crippen molar-refractivity contribution in [2.45, 2.75) is 64.0 Å². The number of esters is 1. The predicted octanol–water partition coefficient (Wildman–Crippen LogP) is 3.52. The first-order chi connectivity index (χ1) is 7.65. The van der Waals surface area contributed by atoms with Crippen LogP contribution in [0.15, 0.2) is 0 Å². The van der Waals surface area contributed by atoms with Gasteiger partial charge in [-0.3, -0.25) is 4.79 Å². The molecule has 3 nitrogen and oxygen atoms in total. The molecule has 1 aliphatic heterocycles. The molecule has 0 bridgehead atoms. The molecule has 2 atom stereocenters. The molecular formula is C12H23IO3Si. The Hall–Kier alpha value is 0.377. The quantitative estimate of drug-likeness (QED) is 0.330. The fourth-order valence-electron chi connectivity index (χ4n) is 1.62. The topological polar surface area (TPSA) is 35.5 Å². The molecule has 1 fully saturated rings. The van der Waals surface area contributed by atoms with Gasteiger partial charge in [-0.15, -0.1) is 0 Å². The number of ether oxygens (including phenoxy) is 1. The van der Waals surface area contributed by atoms with E-state index in [1.807, 2.05) is 0 Å². The van der Waals surface area contributed by atoms with Crippen molar-refractivity contribution < 1.29 is 14.0 Å². The molecule has 100 valence electrons. The van der Waals surface area contributed by atoms with Gasteiger partial charge in [-0.2, -0.15) is 0 Å². The fraction of sp³-hybridized carbons (Fsp3) is 0.917. The van der Waals surface area contributed by atoms with Crippen LogP contribution in [0.4, 0.5) is 0 Å². The number of cyclic esters (lactones) is 1. The first-order valence-electron chi connectivity index (χ1n) is 6.09. The van der Waals surface area contributed by atoms with Crippen LogP contribution < -0.4 is 0 Å². The van der Waals surface area contributed by atoms with Gasteiger partial charge in [0.05, 0.1) is 12.5 Å². The number of halogens is 1. The monoisotopic (exact) mass is 370 g/mol. The van der Waals surface area contributed by atoms with E-state index in [-0.39, 0.29) is 23.2 Å². The van der Waals surface area contributed by atoms with Crippen LogP contribution in [0, 0.1) is 0 Å². The minimum absolute atomic E-state index is 0.0339. The van der Waals surface area contributed by atoms with Crippen molar-refractivity contribution in [3.05, 3.63) is 0 Å². The lowest BCUT2D eigenvalue weighted by molar-refractivity contribution is -0.157. The Kier molecular flexibility index (Phi) is 5.05. The first kappa shape index (κ1) is 15.4. The highest BCUT2D eigenvalue weighted by Gasteiger charge is 2.41. The molecular weight excluding hydrogens is 347 g/mol. The highest BCUT2D eigenvalue weighted by Crippen LogP contribution is 2.38. The maximum atomic E-state index is 11.5. The summed E-state index contributed by atoms with van der Waals surface area (Å²) < 4.78 is 12.4. The molecule has 5 heteroatoms. The van der Waals surface area contributed by atoms with Gasteiger partial charge >= 0.3 is 5.97 Å². The molecule has 0 aromatic heterocycles. The lowest BCUT2D eigenvalue weighted by Crippen LogP contribution is -2.47. The summed E-state index contributed by atoms with van der Waals surface area (Å²) in [6.45, 7) is 11.1. The Balaban J connectivity index is 2.65. The van der Waals surface area contributed by atoms with Crippen molar-refractivity contribution in [2.75, 3.05) is 4.43 Å². The van der Waals surface area contributed by atoms with Gasteiger partial charge in [-0.05, 0) is 18.1 Å². The van der Waals surface area contributed by atoms with Crippen molar-refractivity contribution in [2.24, 2.45) is 0 Å². The zero-order valence-electron chi connectivity index (χ0n) is 11.4. The summed E-state index contributed by atoms with van der Waals surface area (Å²) in [7, 11) is -1.77. The maximum absolute atomic E-state index is 11.5. The minimum atomic E-state index is -1.77. The molecule has 1 saturated heterocycles. The SMILES string of the molecule is CC(C)(C)[Si](C)(C)OC1CC(=O)OC(CI)C1. The van der Waals surface area contributed by atoms with Gasteiger partial charge in [-0.25, -0.2) is 0 Å². The lowest BCUT2D eigenvalue weighted by Gasteiger charge is -2.41. The van der Waals surface area contributed by atoms with Crippen molar-refractivity contribution in [3.63, 3.8) is 0 Å². The van der Waals surface area contributed by atoms with E-state index in [9.17, 15) is 4.79 Å². The van der Waals surface area contributed by atoms with Crippen LogP contribution in [-0.4, -0.2) is 30.9 Å². The Morgan fingerprint density at radius 2 is 2.06 bits per heavy atom. The van der Waals surface area contributed by atoms with E-state index in [2.05, 4.69) is 56.5 Å². The Bertz CT molecular complexity index is 286. The number of carbonyl (C=O) groups is 1. The van der Waals surface area contributed by atoms with Crippen molar-refractivity contribution >= 4 is 36.9 Å². The van der Waals surface area contributed by atoms with E-state index in [1.54, 1.807) is 0 Å². The van der Waals surface area contributed by atoms with Crippen molar-refractivity contribution in [3.8, 4) is 0 Å². The number of carbonyl (C=O) groups excluding carboxylic acids is 1. The van der Waals surface area contributed by atoms with Crippen LogP contribution in [-0.2, 0) is 14.0 Å². The molecule has 0 amide bonds. The summed E-state index contributed by atoms with van der Waals surface area (Å²) in [6, 6.07) is 0. The summed E-state index contributed by atoms with van der Waals surface area (Å²) in [4.78, 5) is 11.5. The first-order valence-corrected chi connectivity index (χ1v) is 10.5. The smallest absolute Gasteiger partial charge is 0.308 e. The molecule has 1 rings (SSSR count). The van der Waals surface area contributed by atoms with E-state index >= 15 is 0 Å². The number of hydrogen-bond donors (Lipinski definition) is 0. The molecule has 1 aliphatic rings. The molecule has 0 aromatic rings. The minimum Gasteiger partial charge on any atom is -0.461 e. The Morgan fingerprint density at radius 1 is 1.47 bits per heavy atom. The predicted molar refractivity (Wildman–Crippen MR) is 80.1 cm³/mol. The summed E-state index contributed by atoms with van der Waals surface area (Å²) >= 11 is 2.26. The van der Waals surface area contributed by atoms with E-state index in [1.165, 1.54) is 0 Å². The second-order valence-corrected chi connectivity index (χ2v) is 11.8. The van der Waals surface area contributed by atoms with E-state index in [4.69, 9.17) is 9.16 Å². The number of alkyl halides is 1. The summed E-state index contributed by atoms with van der Waals surface area (Å²) in [6.07, 6.45) is 1.35. The second-order valence-electron chi connectivity index (χ2n) is 6.21. The van der Waals surface area contributed by atoms with E-state index < -0.39 is 8.32 Å². The highest BCUT2D eigenvalue weighted by atomic mass is 127. The standard InChI is InChI=1S/C12H23IO3Si/c1-12(2,3)17(4,5)16-9-6-10(8-13)15-11(14)7-9/h9-10H,6-8H2,1-5H3. The molecule has 1 heterocycles. The molecule has 0 spiro atoms. The van der Waals surface area contributed by atoms with E-state index in [0.29, 0.717) is 6.42 Å². The maximum Gasteiger partial charge on any atom is 0.308 e. The van der Waals surface area contributed by atoms with Gasteiger partial charge in [-0.1, -0.05) is 43.4 Å². The molecule has 0 radical (unpaired) electrons. The van der Waals surface area contributed by atoms with Crippen LogP contribution >= 0.6 is 22.6 Å². The summed E-state index contributed by atoms with van der Waals surface area (Å²) in [5.74, 6) is -0.110. The average Bonchev–Trinajstić information content (AvgIpc) is 2.14. The molecule has 17 heavy (non-hydrogen) atoms. The molecule has 2 unspecified atom stereocenters. The van der Waals surface area contributed by atoms with Crippen LogP contribution in [0.1, 0.15) is 33.6 Å². The summed E-state index contributed by atoms with van der Waals surface area (Å²) in [5.41, 5.74) is 0. The van der Waals surface area contributed by atoms with Crippen LogP contribution in [0.25, 0.3) is 0 Å². The zero-order chi connectivity index (χ0) is 13.3. The van der Waals surface area contributed by atoms with Crippen LogP contribution in [0.3, 0.4) is 0 Å². The second kappa shape index (κ2) is 5.57. The average molecular weight is 370 g/mol. The largest absolute Gasteiger partial charge is 0.461 e. The normalized spacial score (nSPS) is 26.8. The molecule has 0 aromatic carbocycles. The number of rotatable bonds is 3. The third kappa shape index (κ3) is 4.20. The summed E-state index contributed by atoms with van der Waals surface area (Å²) in [5, 5.41) is 0.189. The van der Waals surface area contributed by atoms with Crippen molar-refractivity contribution in [1.29, 1.82) is 0 Å². The number of hydrogen-bond acceptors (Lipinski definition) is 3. The Labute approximate surface area is 119 Å². The van der Waals surface area contributed by atoms with Gasteiger partial charge in [0.1, 0.15) is 6.10 Å². The van der Waals surface area contributed by atoms with E-state index in [0.717, 1.165) is 10.8 Å².